The molecule has 0 spiro atoms. The first-order valence-corrected chi connectivity index (χ1v) is 6.46. The fraction of sp³-hybridized carbons (Fsp3) is 0.0667. The highest BCUT2D eigenvalue weighted by atomic mass is 35.5. The van der Waals surface area contributed by atoms with Gasteiger partial charge >= 0.3 is 0 Å². The van der Waals surface area contributed by atoms with Gasteiger partial charge in [0.25, 0.3) is 0 Å². The topological polar surface area (TPSA) is 59.0 Å². The lowest BCUT2D eigenvalue weighted by atomic mass is 10.2. The molecular formula is C15H9ClN2O2. The third-order valence-electron chi connectivity index (χ3n) is 2.84. The molecule has 0 aliphatic carbocycles. The van der Waals surface area contributed by atoms with E-state index in [0.29, 0.717) is 17.2 Å². The Hall–Kier alpha value is -2.51. The third-order valence-corrected chi connectivity index (χ3v) is 3.13. The smallest absolute Gasteiger partial charge is 0.247 e. The van der Waals surface area contributed by atoms with E-state index in [4.69, 9.17) is 26.0 Å². The fourth-order valence-corrected chi connectivity index (χ4v) is 2.11. The Labute approximate surface area is 120 Å². The summed E-state index contributed by atoms with van der Waals surface area (Å²) < 4.78 is 11.2. The Kier molecular flexibility index (Phi) is 3.28. The number of pyridine rings is 1. The minimum absolute atomic E-state index is 0.123. The molecule has 0 N–H and O–H groups in total. The molecule has 4 nitrogen and oxygen atoms in total. The highest BCUT2D eigenvalue weighted by Crippen LogP contribution is 2.36. The number of para-hydroxylation sites is 1. The summed E-state index contributed by atoms with van der Waals surface area (Å²) in [5.41, 5.74) is 1.35. The van der Waals surface area contributed by atoms with E-state index in [9.17, 15) is 0 Å². The molecule has 5 heteroatoms. The van der Waals surface area contributed by atoms with Gasteiger partial charge in [-0.1, -0.05) is 18.2 Å². The largest absolute Gasteiger partial charge is 0.442 e. The Morgan fingerprint density at radius 2 is 2.10 bits per heavy atom. The zero-order valence-electron chi connectivity index (χ0n) is 10.3. The molecular weight excluding hydrogens is 276 g/mol. The van der Waals surface area contributed by atoms with Gasteiger partial charge in [-0.2, -0.15) is 5.26 Å². The quantitative estimate of drug-likeness (QED) is 0.675. The molecule has 0 fully saturated rings. The molecule has 0 unspecified atom stereocenters. The van der Waals surface area contributed by atoms with Crippen molar-refractivity contribution in [2.45, 2.75) is 5.88 Å². The zero-order valence-corrected chi connectivity index (χ0v) is 11.1. The number of halogens is 1. The highest BCUT2D eigenvalue weighted by Gasteiger charge is 2.17. The normalized spacial score (nSPS) is 10.4. The Morgan fingerprint density at radius 3 is 2.90 bits per heavy atom. The zero-order chi connectivity index (χ0) is 13.9. The number of hydrogen-bond acceptors (Lipinski definition) is 4. The number of hydrogen-bond donors (Lipinski definition) is 0. The first-order chi connectivity index (χ1) is 9.83. The molecule has 0 radical (unpaired) electrons. The van der Waals surface area contributed by atoms with Crippen LogP contribution in [-0.4, -0.2) is 4.98 Å². The van der Waals surface area contributed by atoms with Crippen LogP contribution in [0.5, 0.6) is 11.6 Å². The van der Waals surface area contributed by atoms with Crippen LogP contribution in [0.1, 0.15) is 11.3 Å². The minimum Gasteiger partial charge on any atom is -0.442 e. The van der Waals surface area contributed by atoms with E-state index in [1.54, 1.807) is 18.3 Å². The molecule has 0 saturated heterocycles. The van der Waals surface area contributed by atoms with Gasteiger partial charge in [0.1, 0.15) is 11.7 Å². The number of nitrogens with zero attached hydrogens (tertiary/aromatic N) is 2. The third kappa shape index (κ3) is 2.09. The van der Waals surface area contributed by atoms with Crippen molar-refractivity contribution in [2.75, 3.05) is 0 Å². The maximum atomic E-state index is 9.15. The number of fused-ring (bicyclic) bond motifs is 1. The Morgan fingerprint density at radius 1 is 1.25 bits per heavy atom. The SMILES string of the molecule is N#Cc1oc2ccccc2c1Oc1ncccc1CCl. The number of benzene rings is 1. The average molecular weight is 285 g/mol. The van der Waals surface area contributed by atoms with Gasteiger partial charge in [-0.3, -0.25) is 0 Å². The molecule has 2 aromatic heterocycles. The maximum Gasteiger partial charge on any atom is 0.247 e. The summed E-state index contributed by atoms with van der Waals surface area (Å²) in [6.45, 7) is 0. The second kappa shape index (κ2) is 5.24. The molecule has 0 aliphatic heterocycles. The van der Waals surface area contributed by atoms with Gasteiger partial charge in [0.15, 0.2) is 5.75 Å². The van der Waals surface area contributed by atoms with E-state index in [0.717, 1.165) is 10.9 Å². The van der Waals surface area contributed by atoms with Gasteiger partial charge in [0.05, 0.1) is 11.3 Å². The van der Waals surface area contributed by atoms with Gasteiger partial charge in [0, 0.05) is 11.8 Å². The van der Waals surface area contributed by atoms with Crippen molar-refractivity contribution >= 4 is 22.6 Å². The number of nitriles is 1. The van der Waals surface area contributed by atoms with Crippen LogP contribution < -0.4 is 4.74 Å². The molecule has 3 aromatic rings. The van der Waals surface area contributed by atoms with Crippen LogP contribution in [0.4, 0.5) is 0 Å². The van der Waals surface area contributed by atoms with E-state index in [1.807, 2.05) is 30.3 Å². The summed E-state index contributed by atoms with van der Waals surface area (Å²) in [4.78, 5) is 4.15. The predicted octanol–water partition coefficient (Wildman–Crippen LogP) is 4.23. The van der Waals surface area contributed by atoms with Crippen molar-refractivity contribution in [3.8, 4) is 17.7 Å². The van der Waals surface area contributed by atoms with E-state index in [-0.39, 0.29) is 11.6 Å². The maximum absolute atomic E-state index is 9.15. The predicted molar refractivity (Wildman–Crippen MR) is 74.8 cm³/mol. The Balaban J connectivity index is 2.13. The number of aromatic nitrogens is 1. The second-order valence-electron chi connectivity index (χ2n) is 4.07. The van der Waals surface area contributed by atoms with E-state index in [1.165, 1.54) is 0 Å². The van der Waals surface area contributed by atoms with E-state index < -0.39 is 0 Å². The van der Waals surface area contributed by atoms with Crippen LogP contribution in [0.25, 0.3) is 11.0 Å². The first-order valence-electron chi connectivity index (χ1n) is 5.93. The first kappa shape index (κ1) is 12.5. The second-order valence-corrected chi connectivity index (χ2v) is 4.34. The van der Waals surface area contributed by atoms with Crippen molar-refractivity contribution in [1.82, 2.24) is 4.98 Å². The van der Waals surface area contributed by atoms with Crippen molar-refractivity contribution in [2.24, 2.45) is 0 Å². The van der Waals surface area contributed by atoms with Gasteiger partial charge in [-0.05, 0) is 18.2 Å². The van der Waals surface area contributed by atoms with Crippen LogP contribution in [-0.2, 0) is 5.88 Å². The number of furan rings is 1. The van der Waals surface area contributed by atoms with Crippen LogP contribution in [0, 0.1) is 11.3 Å². The van der Waals surface area contributed by atoms with E-state index in [2.05, 4.69) is 4.98 Å². The summed E-state index contributed by atoms with van der Waals surface area (Å²) in [5.74, 6) is 1.15. The standard InChI is InChI=1S/C15H9ClN2O2/c16-8-10-4-3-7-18-15(10)20-14-11-5-1-2-6-12(11)19-13(14)9-17/h1-7H,8H2. The monoisotopic (exact) mass is 284 g/mol. The van der Waals surface area contributed by atoms with Crippen LogP contribution in [0.2, 0.25) is 0 Å². The van der Waals surface area contributed by atoms with Crippen molar-refractivity contribution in [3.63, 3.8) is 0 Å². The molecule has 20 heavy (non-hydrogen) atoms. The van der Waals surface area contributed by atoms with Crippen LogP contribution in [0.3, 0.4) is 0 Å². The summed E-state index contributed by atoms with van der Waals surface area (Å²) in [6, 6.07) is 12.9. The molecule has 0 aliphatic rings. The number of rotatable bonds is 3. The van der Waals surface area contributed by atoms with Crippen molar-refractivity contribution < 1.29 is 9.15 Å². The lowest BCUT2D eigenvalue weighted by molar-refractivity contribution is 0.446. The number of ether oxygens (including phenoxy) is 1. The van der Waals surface area contributed by atoms with Gasteiger partial charge < -0.3 is 9.15 Å². The van der Waals surface area contributed by atoms with Crippen molar-refractivity contribution in [3.05, 3.63) is 53.9 Å². The Bertz CT molecular complexity index is 805. The molecule has 98 valence electrons. The summed E-state index contributed by atoms with van der Waals surface area (Å²) in [6.07, 6.45) is 1.61. The number of alkyl halides is 1. The van der Waals surface area contributed by atoms with E-state index >= 15 is 0 Å². The highest BCUT2D eigenvalue weighted by molar-refractivity contribution is 6.17. The molecule has 0 bridgehead atoms. The molecule has 0 amide bonds. The summed E-state index contributed by atoms with van der Waals surface area (Å²) in [5, 5.41) is 9.89. The summed E-state index contributed by atoms with van der Waals surface area (Å²) in [7, 11) is 0. The van der Waals surface area contributed by atoms with Crippen molar-refractivity contribution in [1.29, 1.82) is 5.26 Å². The molecule has 3 rings (SSSR count). The van der Waals surface area contributed by atoms with Gasteiger partial charge in [0.2, 0.25) is 11.6 Å². The average Bonchev–Trinajstić information content (AvgIpc) is 2.86. The lowest BCUT2D eigenvalue weighted by Crippen LogP contribution is -1.93. The van der Waals surface area contributed by atoms with Gasteiger partial charge in [-0.25, -0.2) is 4.98 Å². The van der Waals surface area contributed by atoms with Crippen LogP contribution in [0.15, 0.2) is 47.0 Å². The fourth-order valence-electron chi connectivity index (χ4n) is 1.91. The summed E-state index contributed by atoms with van der Waals surface area (Å²) >= 11 is 5.86. The van der Waals surface area contributed by atoms with Gasteiger partial charge in [-0.15, -0.1) is 11.6 Å². The molecule has 2 heterocycles. The lowest BCUT2D eigenvalue weighted by Gasteiger charge is -2.06. The molecule has 0 atom stereocenters. The van der Waals surface area contributed by atoms with Crippen LogP contribution >= 0.6 is 11.6 Å². The molecule has 1 aromatic carbocycles. The molecule has 0 saturated carbocycles. The minimum atomic E-state index is 0.123.